The van der Waals surface area contributed by atoms with Gasteiger partial charge in [0.25, 0.3) is 5.78 Å². The summed E-state index contributed by atoms with van der Waals surface area (Å²) in [5.41, 5.74) is -1.24. The molecule has 1 aliphatic heterocycles. The largest absolute Gasteiger partial charge is 0.416 e. The number of hydrogen-bond donors (Lipinski definition) is 0. The normalized spacial score (nSPS) is 14.9. The number of benzene rings is 1. The lowest BCUT2D eigenvalue weighted by Crippen LogP contribution is -2.27. The van der Waals surface area contributed by atoms with Gasteiger partial charge in [-0.1, -0.05) is 6.07 Å². The third-order valence-electron chi connectivity index (χ3n) is 2.98. The Morgan fingerprint density at radius 3 is 2.43 bits per heavy atom. The molecule has 0 unspecified atom stereocenters. The third-order valence-corrected chi connectivity index (χ3v) is 3.85. The number of ketones is 2. The van der Waals surface area contributed by atoms with Crippen LogP contribution < -0.4 is 0 Å². The third kappa shape index (κ3) is 2.29. The monoisotopic (exact) mass is 309 g/mol. The predicted octanol–water partition coefficient (Wildman–Crippen LogP) is 3.65. The van der Waals surface area contributed by atoms with E-state index in [9.17, 15) is 22.8 Å². The molecule has 1 aliphatic rings. The number of rotatable bonds is 1. The molecule has 106 valence electrons. The van der Waals surface area contributed by atoms with E-state index in [1.54, 1.807) is 17.5 Å². The van der Waals surface area contributed by atoms with E-state index in [1.807, 2.05) is 0 Å². The molecule has 1 aromatic heterocycles. The maximum Gasteiger partial charge on any atom is 0.416 e. The van der Waals surface area contributed by atoms with Crippen LogP contribution in [0, 0.1) is 0 Å². The number of carbonyl (C=O) groups is 2. The van der Waals surface area contributed by atoms with Gasteiger partial charge >= 0.3 is 6.18 Å². The summed E-state index contributed by atoms with van der Waals surface area (Å²) in [6.07, 6.45) is -4.53. The fourth-order valence-corrected chi connectivity index (χ4v) is 2.68. The van der Waals surface area contributed by atoms with Gasteiger partial charge in [0.15, 0.2) is 0 Å². The standard InChI is InChI=1S/C14H6F3NO2S/c15-14(16,17)7-3-4-8-9(6-7)18-11(13(20)12(8)19)10-2-1-5-21-10/h1-6H. The Bertz CT molecular complexity index is 776. The Balaban J connectivity index is 2.19. The minimum Gasteiger partial charge on any atom is -0.285 e. The number of aliphatic imine (C=N–C) groups is 1. The molecule has 0 saturated heterocycles. The van der Waals surface area contributed by atoms with Crippen molar-refractivity contribution in [3.63, 3.8) is 0 Å². The molecule has 0 amide bonds. The lowest BCUT2D eigenvalue weighted by atomic mass is 9.96. The predicted molar refractivity (Wildman–Crippen MR) is 71.3 cm³/mol. The van der Waals surface area contributed by atoms with Crippen LogP contribution >= 0.6 is 11.3 Å². The van der Waals surface area contributed by atoms with Crippen LogP contribution in [0.15, 0.2) is 40.7 Å². The van der Waals surface area contributed by atoms with Crippen molar-refractivity contribution in [1.82, 2.24) is 0 Å². The quantitative estimate of drug-likeness (QED) is 0.755. The van der Waals surface area contributed by atoms with E-state index < -0.39 is 23.3 Å². The first-order chi connectivity index (χ1) is 9.88. The first kappa shape index (κ1) is 13.7. The van der Waals surface area contributed by atoms with E-state index in [2.05, 4.69) is 4.99 Å². The molecule has 2 heterocycles. The highest BCUT2D eigenvalue weighted by molar-refractivity contribution is 7.13. The second-order valence-electron chi connectivity index (χ2n) is 4.33. The maximum absolute atomic E-state index is 12.7. The number of Topliss-reactive ketones (excluding diaryl/α,β-unsaturated/α-hetero) is 2. The molecule has 0 aliphatic carbocycles. The minimum atomic E-state index is -4.53. The van der Waals surface area contributed by atoms with Crippen molar-refractivity contribution >= 4 is 34.3 Å². The molecule has 21 heavy (non-hydrogen) atoms. The number of fused-ring (bicyclic) bond motifs is 1. The highest BCUT2D eigenvalue weighted by Gasteiger charge is 2.35. The fraction of sp³-hybridized carbons (Fsp3) is 0.0714. The zero-order chi connectivity index (χ0) is 15.2. The van der Waals surface area contributed by atoms with Crippen molar-refractivity contribution in [2.75, 3.05) is 0 Å². The van der Waals surface area contributed by atoms with Gasteiger partial charge in [0.2, 0.25) is 5.78 Å². The summed E-state index contributed by atoms with van der Waals surface area (Å²) >= 11 is 1.19. The van der Waals surface area contributed by atoms with Gasteiger partial charge in [-0.3, -0.25) is 9.59 Å². The Kier molecular flexibility index (Phi) is 3.02. The zero-order valence-electron chi connectivity index (χ0n) is 10.3. The van der Waals surface area contributed by atoms with Crippen LogP contribution in [-0.4, -0.2) is 17.3 Å². The summed E-state index contributed by atoms with van der Waals surface area (Å²) < 4.78 is 38.1. The molecule has 0 saturated carbocycles. The average Bonchev–Trinajstić information content (AvgIpc) is 2.95. The van der Waals surface area contributed by atoms with Crippen LogP contribution in [0.2, 0.25) is 0 Å². The molecule has 0 N–H and O–H groups in total. The molecular weight excluding hydrogens is 303 g/mol. The first-order valence-corrected chi connectivity index (χ1v) is 6.69. The van der Waals surface area contributed by atoms with Gasteiger partial charge in [-0.05, 0) is 29.6 Å². The zero-order valence-corrected chi connectivity index (χ0v) is 11.1. The maximum atomic E-state index is 12.7. The van der Waals surface area contributed by atoms with E-state index in [0.717, 1.165) is 18.2 Å². The lowest BCUT2D eigenvalue weighted by Gasteiger charge is -2.14. The van der Waals surface area contributed by atoms with Crippen molar-refractivity contribution < 1.29 is 22.8 Å². The van der Waals surface area contributed by atoms with Gasteiger partial charge in [-0.25, -0.2) is 4.99 Å². The molecule has 3 nitrogen and oxygen atoms in total. The van der Waals surface area contributed by atoms with Crippen LogP contribution in [0.25, 0.3) is 0 Å². The molecule has 3 rings (SSSR count). The Morgan fingerprint density at radius 1 is 1.05 bits per heavy atom. The first-order valence-electron chi connectivity index (χ1n) is 5.81. The number of thiophene rings is 1. The molecule has 0 bridgehead atoms. The minimum absolute atomic E-state index is 0.103. The molecule has 2 aromatic rings. The smallest absolute Gasteiger partial charge is 0.285 e. The van der Waals surface area contributed by atoms with Gasteiger partial charge in [0.1, 0.15) is 5.71 Å². The van der Waals surface area contributed by atoms with Gasteiger partial charge in [-0.15, -0.1) is 11.3 Å². The molecule has 1 aromatic carbocycles. The van der Waals surface area contributed by atoms with Crippen molar-refractivity contribution in [1.29, 1.82) is 0 Å². The Hall–Kier alpha value is -2.28. The molecule has 0 radical (unpaired) electrons. The fourth-order valence-electron chi connectivity index (χ4n) is 1.97. The topological polar surface area (TPSA) is 46.5 Å². The van der Waals surface area contributed by atoms with Crippen LogP contribution in [0.5, 0.6) is 0 Å². The highest BCUT2D eigenvalue weighted by Crippen LogP contribution is 2.35. The summed E-state index contributed by atoms with van der Waals surface area (Å²) in [7, 11) is 0. The summed E-state index contributed by atoms with van der Waals surface area (Å²) in [5, 5.41) is 1.69. The van der Waals surface area contributed by atoms with Crippen LogP contribution in [0.1, 0.15) is 20.8 Å². The number of halogens is 3. The van der Waals surface area contributed by atoms with Crippen molar-refractivity contribution in [2.45, 2.75) is 6.18 Å². The van der Waals surface area contributed by atoms with Crippen molar-refractivity contribution in [2.24, 2.45) is 4.99 Å². The van der Waals surface area contributed by atoms with Gasteiger partial charge < -0.3 is 0 Å². The second-order valence-corrected chi connectivity index (χ2v) is 5.27. The van der Waals surface area contributed by atoms with E-state index in [0.29, 0.717) is 4.88 Å². The van der Waals surface area contributed by atoms with E-state index in [-0.39, 0.29) is 17.0 Å². The summed E-state index contributed by atoms with van der Waals surface area (Å²) in [5.74, 6) is -1.64. The second kappa shape index (κ2) is 4.63. The van der Waals surface area contributed by atoms with E-state index >= 15 is 0 Å². The Labute approximate surface area is 120 Å². The van der Waals surface area contributed by atoms with Crippen molar-refractivity contribution in [3.05, 3.63) is 51.7 Å². The number of hydrogen-bond acceptors (Lipinski definition) is 4. The average molecular weight is 309 g/mol. The summed E-state index contributed by atoms with van der Waals surface area (Å²) in [4.78, 5) is 28.4. The van der Waals surface area contributed by atoms with Crippen LogP contribution in [-0.2, 0) is 11.0 Å². The number of nitrogens with zero attached hydrogens (tertiary/aromatic N) is 1. The van der Waals surface area contributed by atoms with Crippen LogP contribution in [0.3, 0.4) is 0 Å². The van der Waals surface area contributed by atoms with E-state index in [1.165, 1.54) is 11.3 Å². The summed E-state index contributed by atoms with van der Waals surface area (Å²) in [6, 6.07) is 5.81. The lowest BCUT2D eigenvalue weighted by molar-refractivity contribution is -0.137. The van der Waals surface area contributed by atoms with E-state index in [4.69, 9.17) is 0 Å². The number of alkyl halides is 3. The molecular formula is C14H6F3NO2S. The molecule has 7 heteroatoms. The summed E-state index contributed by atoms with van der Waals surface area (Å²) in [6.45, 7) is 0. The van der Waals surface area contributed by atoms with Gasteiger partial charge in [0.05, 0.1) is 21.7 Å². The highest BCUT2D eigenvalue weighted by atomic mass is 32.1. The van der Waals surface area contributed by atoms with Crippen molar-refractivity contribution in [3.8, 4) is 0 Å². The number of carbonyl (C=O) groups excluding carboxylic acids is 2. The van der Waals surface area contributed by atoms with Crippen LogP contribution in [0.4, 0.5) is 18.9 Å². The van der Waals surface area contributed by atoms with Gasteiger partial charge in [0, 0.05) is 0 Å². The molecule has 0 spiro atoms. The molecule has 0 fully saturated rings. The van der Waals surface area contributed by atoms with Gasteiger partial charge in [-0.2, -0.15) is 13.2 Å². The Morgan fingerprint density at radius 2 is 1.81 bits per heavy atom. The molecule has 0 atom stereocenters. The SMILES string of the molecule is O=C1C(=O)c2ccc(C(F)(F)F)cc2N=C1c1cccs1.